The van der Waals surface area contributed by atoms with Gasteiger partial charge in [0, 0.05) is 19.5 Å². The first kappa shape index (κ1) is 25.0. The molecule has 0 radical (unpaired) electrons. The Hall–Kier alpha value is -3.97. The van der Waals surface area contributed by atoms with Gasteiger partial charge in [-0.3, -0.25) is 29.9 Å². The Morgan fingerprint density at radius 3 is 2.52 bits per heavy atom. The molecule has 0 bridgehead atoms. The molecule has 3 fully saturated rings. The van der Waals surface area contributed by atoms with Gasteiger partial charge in [0.15, 0.2) is 17.1 Å². The van der Waals surface area contributed by atoms with Gasteiger partial charge in [-0.05, 0) is 31.0 Å². The van der Waals surface area contributed by atoms with Crippen LogP contribution in [0, 0.1) is 11.2 Å². The number of barbiturate groups is 1. The molecule has 2 aromatic carbocycles. The maximum absolute atomic E-state index is 16.3. The van der Waals surface area contributed by atoms with E-state index in [0.29, 0.717) is 12.1 Å². The summed E-state index contributed by atoms with van der Waals surface area (Å²) in [6.07, 6.45) is -1.17. The van der Waals surface area contributed by atoms with Crippen LogP contribution >= 0.6 is 11.8 Å². The predicted octanol–water partition coefficient (Wildman–Crippen LogP) is 3.27. The number of nitrogens with zero attached hydrogens (tertiary/aromatic N) is 3. The second kappa shape index (κ2) is 8.77. The van der Waals surface area contributed by atoms with Crippen LogP contribution in [0.1, 0.15) is 30.2 Å². The molecule has 1 spiro atoms. The fourth-order valence-electron chi connectivity index (χ4n) is 6.61. The van der Waals surface area contributed by atoms with Gasteiger partial charge in [0.25, 0.3) is 5.24 Å². The van der Waals surface area contributed by atoms with Gasteiger partial charge >= 0.3 is 6.03 Å². The van der Waals surface area contributed by atoms with Crippen molar-refractivity contribution in [1.82, 2.24) is 15.8 Å². The van der Waals surface area contributed by atoms with E-state index in [1.165, 1.54) is 4.90 Å². The van der Waals surface area contributed by atoms with Crippen molar-refractivity contribution >= 4 is 57.3 Å². The highest BCUT2D eigenvalue weighted by atomic mass is 32.2. The van der Waals surface area contributed by atoms with Crippen molar-refractivity contribution in [2.75, 3.05) is 22.9 Å². The fraction of sp³-hybridized carbons (Fsp3) is 0.370. The number of fused-ring (bicyclic) bond motifs is 5. The minimum atomic E-state index is -1.75. The first-order valence-corrected chi connectivity index (χ1v) is 13.8. The van der Waals surface area contributed by atoms with Gasteiger partial charge in [-0.1, -0.05) is 47.3 Å². The molecule has 5 amide bonds. The molecule has 0 saturated carbocycles. The minimum Gasteiger partial charge on any atom is -0.372 e. The van der Waals surface area contributed by atoms with E-state index in [0.717, 1.165) is 17.3 Å². The van der Waals surface area contributed by atoms with Crippen molar-refractivity contribution in [2.24, 2.45) is 5.41 Å². The van der Waals surface area contributed by atoms with Crippen LogP contribution in [0.2, 0.25) is 0 Å². The van der Waals surface area contributed by atoms with E-state index in [2.05, 4.69) is 15.8 Å². The van der Waals surface area contributed by atoms with Crippen molar-refractivity contribution in [2.45, 2.75) is 43.8 Å². The van der Waals surface area contributed by atoms with E-state index in [1.54, 1.807) is 17.9 Å². The quantitative estimate of drug-likeness (QED) is 0.449. The third kappa shape index (κ3) is 3.43. The highest BCUT2D eigenvalue weighted by Gasteiger charge is 2.63. The lowest BCUT2D eigenvalue weighted by molar-refractivity contribution is -0.153. The molecule has 206 valence electrons. The summed E-state index contributed by atoms with van der Waals surface area (Å²) in [4.78, 5) is 55.0. The Morgan fingerprint density at radius 2 is 1.80 bits per heavy atom. The number of urea groups is 1. The number of amides is 5. The predicted molar refractivity (Wildman–Crippen MR) is 142 cm³/mol. The van der Waals surface area contributed by atoms with E-state index in [4.69, 9.17) is 9.26 Å². The van der Waals surface area contributed by atoms with Gasteiger partial charge in [-0.25, -0.2) is 9.18 Å². The molecular formula is C27H24FN5O6S. The third-order valence-corrected chi connectivity index (χ3v) is 9.31. The zero-order valence-electron chi connectivity index (χ0n) is 21.5. The number of halogens is 1. The van der Waals surface area contributed by atoms with Crippen molar-refractivity contribution in [3.63, 3.8) is 0 Å². The Bertz CT molecular complexity index is 1590. The number of benzene rings is 2. The Kier molecular flexibility index (Phi) is 5.48. The first-order valence-electron chi connectivity index (χ1n) is 12.9. The lowest BCUT2D eigenvalue weighted by atomic mass is 9.66. The number of nitrogens with one attached hydrogen (secondary N) is 2. The van der Waals surface area contributed by atoms with Crippen LogP contribution in [-0.4, -0.2) is 59.6 Å². The average molecular weight is 566 g/mol. The molecular weight excluding hydrogens is 541 g/mol. The Balaban J connectivity index is 1.36. The van der Waals surface area contributed by atoms with Gasteiger partial charge in [0.1, 0.15) is 0 Å². The zero-order chi connectivity index (χ0) is 27.9. The molecule has 4 aliphatic heterocycles. The second-order valence-corrected chi connectivity index (χ2v) is 11.8. The summed E-state index contributed by atoms with van der Waals surface area (Å²) in [5.74, 6) is -2.07. The van der Waals surface area contributed by atoms with E-state index < -0.39 is 41.2 Å². The standard InChI is InChI=1S/C27H24FN5O6S/c1-12-10-32-19-15(9-27(21(32)13(2)38-12)23(34)29-25(36)30-24(27)35)8-16-20(18(19)28)39-31-22(16)33-11-17(40-26(33)37)14-6-4-3-5-7-14/h3-8,12-13,17,21H,9-11H2,1-2H3,(H2,29,30,34,35,36)/t12-,13+,17-,21-/m1/s1. The van der Waals surface area contributed by atoms with Crippen LogP contribution in [0.5, 0.6) is 0 Å². The number of carbonyl (C=O) groups excluding carboxylic acids is 4. The van der Waals surface area contributed by atoms with Crippen LogP contribution in [0.15, 0.2) is 40.9 Å². The van der Waals surface area contributed by atoms with Crippen molar-refractivity contribution in [3.05, 3.63) is 53.3 Å². The van der Waals surface area contributed by atoms with E-state index >= 15 is 4.39 Å². The molecule has 13 heteroatoms. The number of ether oxygens (including phenoxy) is 1. The van der Waals surface area contributed by atoms with Gasteiger partial charge in [-0.15, -0.1) is 0 Å². The summed E-state index contributed by atoms with van der Waals surface area (Å²) < 4.78 is 27.8. The average Bonchev–Trinajstić information content (AvgIpc) is 3.50. The number of carbonyl (C=O) groups is 4. The van der Waals surface area contributed by atoms with Crippen molar-refractivity contribution in [3.8, 4) is 0 Å². The fourth-order valence-corrected chi connectivity index (χ4v) is 7.66. The van der Waals surface area contributed by atoms with Crippen LogP contribution in [0.25, 0.3) is 11.0 Å². The number of rotatable bonds is 2. The number of hydrogen-bond acceptors (Lipinski definition) is 9. The summed E-state index contributed by atoms with van der Waals surface area (Å²) in [6.45, 7) is 4.05. The Morgan fingerprint density at radius 1 is 1.07 bits per heavy atom. The number of aromatic nitrogens is 1. The number of imide groups is 2. The molecule has 7 rings (SSSR count). The van der Waals surface area contributed by atoms with Crippen LogP contribution in [-0.2, 0) is 20.7 Å². The normalized spacial score (nSPS) is 27.6. The monoisotopic (exact) mass is 565 g/mol. The van der Waals surface area contributed by atoms with Gasteiger partial charge in [-0.2, -0.15) is 0 Å². The molecule has 40 heavy (non-hydrogen) atoms. The molecule has 1 aromatic heterocycles. The smallest absolute Gasteiger partial charge is 0.328 e. The molecule has 2 N–H and O–H groups in total. The van der Waals surface area contributed by atoms with Crippen molar-refractivity contribution in [1.29, 1.82) is 0 Å². The molecule has 0 aliphatic carbocycles. The SMILES string of the molecule is C[C@@H]1CN2c3c(cc4c(N5C[C@H](c6ccccc6)SC5=O)noc4c3F)CC3(C(=O)NC(=O)NC3=O)[C@H]2[C@H](C)O1. The summed E-state index contributed by atoms with van der Waals surface area (Å²) in [7, 11) is 0. The number of anilines is 2. The molecule has 0 unspecified atom stereocenters. The summed E-state index contributed by atoms with van der Waals surface area (Å²) in [5, 5.41) is 8.41. The zero-order valence-corrected chi connectivity index (χ0v) is 22.3. The van der Waals surface area contributed by atoms with E-state index in [-0.39, 0.29) is 52.0 Å². The maximum Gasteiger partial charge on any atom is 0.328 e. The number of thioether (sulfide) groups is 1. The molecule has 3 saturated heterocycles. The summed E-state index contributed by atoms with van der Waals surface area (Å²) in [5.41, 5.74) is -0.341. The van der Waals surface area contributed by atoms with Crippen LogP contribution in [0.4, 0.5) is 25.5 Å². The molecule has 11 nitrogen and oxygen atoms in total. The van der Waals surface area contributed by atoms with Gasteiger partial charge in [0.2, 0.25) is 17.4 Å². The van der Waals surface area contributed by atoms with Gasteiger partial charge < -0.3 is 14.2 Å². The lowest BCUT2D eigenvalue weighted by Gasteiger charge is -2.55. The van der Waals surface area contributed by atoms with E-state index in [9.17, 15) is 19.2 Å². The Labute approximate surface area is 231 Å². The molecule has 4 atom stereocenters. The van der Waals surface area contributed by atoms with Crippen LogP contribution < -0.4 is 20.4 Å². The first-order chi connectivity index (χ1) is 19.2. The second-order valence-electron chi connectivity index (χ2n) is 10.6. The highest BCUT2D eigenvalue weighted by molar-refractivity contribution is 8.14. The third-order valence-electron chi connectivity index (χ3n) is 8.18. The number of hydrogen-bond donors (Lipinski definition) is 2. The largest absolute Gasteiger partial charge is 0.372 e. The van der Waals surface area contributed by atoms with E-state index in [1.807, 2.05) is 37.3 Å². The molecule has 4 aliphatic rings. The van der Waals surface area contributed by atoms with Gasteiger partial charge in [0.05, 0.1) is 34.6 Å². The summed E-state index contributed by atoms with van der Waals surface area (Å²) >= 11 is 1.15. The van der Waals surface area contributed by atoms with Crippen LogP contribution in [0.3, 0.4) is 0 Å². The molecule has 5 heterocycles. The highest BCUT2D eigenvalue weighted by Crippen LogP contribution is 2.50. The number of morpholine rings is 1. The van der Waals surface area contributed by atoms with Crippen molar-refractivity contribution < 1.29 is 32.8 Å². The molecule has 3 aromatic rings. The lowest BCUT2D eigenvalue weighted by Crippen LogP contribution is -2.75. The minimum absolute atomic E-state index is 0.121. The summed E-state index contributed by atoms with van der Waals surface area (Å²) in [6, 6.07) is 9.42. The topological polar surface area (TPSA) is 134 Å². The maximum atomic E-state index is 16.3.